The fourth-order valence-electron chi connectivity index (χ4n) is 4.71. The number of esters is 1. The Hall–Kier alpha value is -4.91. The fourth-order valence-corrected chi connectivity index (χ4v) is 4.71. The number of Topliss-reactive ketones (excluding diaryl/α,β-unsaturated/α-hetero) is 1. The van der Waals surface area contributed by atoms with E-state index >= 15 is 0 Å². The van der Waals surface area contributed by atoms with Gasteiger partial charge in [0.1, 0.15) is 11.5 Å². The number of rotatable bonds is 6. The second-order valence-corrected chi connectivity index (χ2v) is 8.97. The van der Waals surface area contributed by atoms with Crippen LogP contribution in [0.5, 0.6) is 5.75 Å². The lowest BCUT2D eigenvalue weighted by molar-refractivity contribution is -0.132. The molecule has 1 aliphatic heterocycles. The van der Waals surface area contributed by atoms with Crippen molar-refractivity contribution in [3.63, 3.8) is 0 Å². The Balaban J connectivity index is 1.70. The summed E-state index contributed by atoms with van der Waals surface area (Å²) in [6.07, 6.45) is 0.662. The van der Waals surface area contributed by atoms with Crippen molar-refractivity contribution in [3.05, 3.63) is 113 Å². The maximum atomic E-state index is 13.5. The highest BCUT2D eigenvalue weighted by atomic mass is 16.5. The standard InChI is InChI=1S/C31H25NO6/c1-2-17-38-31(37)21-9-5-10-22(18-21)32-27(20-13-15-23(33)16-14-20)26(29(35)30(32)36)28(34)25-12-6-8-19-7-3-4-11-24(19)25/h3-16,18,27,33-34H,2,17H2,1H3/b28-26-. The minimum absolute atomic E-state index is 0.0143. The highest BCUT2D eigenvalue weighted by Crippen LogP contribution is 2.43. The molecule has 0 spiro atoms. The van der Waals surface area contributed by atoms with Crippen LogP contribution in [0.4, 0.5) is 5.69 Å². The van der Waals surface area contributed by atoms with Crippen LogP contribution in [0, 0.1) is 0 Å². The molecule has 0 aromatic heterocycles. The summed E-state index contributed by atoms with van der Waals surface area (Å²) in [5.41, 5.74) is 1.37. The summed E-state index contributed by atoms with van der Waals surface area (Å²) in [5.74, 6) is -2.53. The van der Waals surface area contributed by atoms with Crippen LogP contribution >= 0.6 is 0 Å². The van der Waals surface area contributed by atoms with Crippen LogP contribution in [0.3, 0.4) is 0 Å². The molecule has 2 N–H and O–H groups in total. The van der Waals surface area contributed by atoms with Gasteiger partial charge in [0.2, 0.25) is 0 Å². The molecule has 7 nitrogen and oxygen atoms in total. The molecule has 0 aliphatic carbocycles. The van der Waals surface area contributed by atoms with Crippen LogP contribution in [0.1, 0.15) is 40.9 Å². The van der Waals surface area contributed by atoms with Gasteiger partial charge >= 0.3 is 5.97 Å². The smallest absolute Gasteiger partial charge is 0.338 e. The number of aromatic hydroxyl groups is 1. The van der Waals surface area contributed by atoms with Crippen LogP contribution in [-0.2, 0) is 14.3 Å². The molecule has 1 atom stereocenters. The summed E-state index contributed by atoms with van der Waals surface area (Å²) in [6.45, 7) is 2.14. The summed E-state index contributed by atoms with van der Waals surface area (Å²) >= 11 is 0. The second-order valence-electron chi connectivity index (χ2n) is 8.97. The van der Waals surface area contributed by atoms with Crippen LogP contribution in [0.15, 0.2) is 96.6 Å². The molecule has 7 heteroatoms. The Labute approximate surface area is 219 Å². The molecule has 0 saturated carbocycles. The number of phenols is 1. The molecule has 0 radical (unpaired) electrons. The summed E-state index contributed by atoms with van der Waals surface area (Å²) in [4.78, 5) is 40.8. The van der Waals surface area contributed by atoms with Crippen LogP contribution in [0.25, 0.3) is 16.5 Å². The van der Waals surface area contributed by atoms with Crippen molar-refractivity contribution < 1.29 is 29.3 Å². The van der Waals surface area contributed by atoms with E-state index in [1.807, 2.05) is 37.3 Å². The molecule has 1 heterocycles. The number of carbonyl (C=O) groups excluding carboxylic acids is 3. The van der Waals surface area contributed by atoms with Crippen LogP contribution in [0.2, 0.25) is 0 Å². The van der Waals surface area contributed by atoms with E-state index in [0.29, 0.717) is 23.2 Å². The van der Waals surface area contributed by atoms with Gasteiger partial charge in [-0.3, -0.25) is 14.5 Å². The van der Waals surface area contributed by atoms with Gasteiger partial charge < -0.3 is 14.9 Å². The van der Waals surface area contributed by atoms with Gasteiger partial charge in [0.05, 0.1) is 23.8 Å². The maximum absolute atomic E-state index is 13.5. The van der Waals surface area contributed by atoms with Crippen molar-refractivity contribution in [2.24, 2.45) is 0 Å². The lowest BCUT2D eigenvalue weighted by Gasteiger charge is -2.26. The maximum Gasteiger partial charge on any atom is 0.338 e. The molecule has 1 saturated heterocycles. The molecule has 1 fully saturated rings. The topological polar surface area (TPSA) is 104 Å². The summed E-state index contributed by atoms with van der Waals surface area (Å²) in [6, 6.07) is 24.2. The Kier molecular flexibility index (Phi) is 6.66. The third-order valence-corrected chi connectivity index (χ3v) is 6.50. The average molecular weight is 508 g/mol. The number of aliphatic hydroxyl groups is 1. The van der Waals surface area contributed by atoms with Gasteiger partial charge in [-0.25, -0.2) is 4.79 Å². The molecule has 1 aliphatic rings. The lowest BCUT2D eigenvalue weighted by atomic mass is 9.93. The molecule has 4 aromatic carbocycles. The number of nitrogens with zero attached hydrogens (tertiary/aromatic N) is 1. The quantitative estimate of drug-likeness (QED) is 0.149. The number of hydrogen-bond donors (Lipinski definition) is 2. The van der Waals surface area contributed by atoms with E-state index in [9.17, 15) is 24.6 Å². The molecular formula is C31H25NO6. The molecule has 38 heavy (non-hydrogen) atoms. The normalized spacial score (nSPS) is 16.7. The number of anilines is 1. The number of ketones is 1. The number of fused-ring (bicyclic) bond motifs is 1. The molecule has 0 bridgehead atoms. The van der Waals surface area contributed by atoms with E-state index < -0.39 is 23.7 Å². The van der Waals surface area contributed by atoms with E-state index in [-0.39, 0.29) is 29.3 Å². The molecule has 4 aromatic rings. The number of ether oxygens (including phenoxy) is 1. The first-order valence-corrected chi connectivity index (χ1v) is 12.3. The second kappa shape index (κ2) is 10.2. The molecule has 190 valence electrons. The fraction of sp³-hybridized carbons (Fsp3) is 0.129. The minimum atomic E-state index is -1.00. The third-order valence-electron chi connectivity index (χ3n) is 6.50. The monoisotopic (exact) mass is 507 g/mol. The highest BCUT2D eigenvalue weighted by molar-refractivity contribution is 6.51. The van der Waals surface area contributed by atoms with Crippen LogP contribution in [-0.4, -0.2) is 34.5 Å². The SMILES string of the molecule is CCCOC(=O)c1cccc(N2C(=O)C(=O)/C(=C(\O)c3cccc4ccccc34)C2c2ccc(O)cc2)c1. The van der Waals surface area contributed by atoms with Gasteiger partial charge in [0.25, 0.3) is 11.7 Å². The molecule has 5 rings (SSSR count). The predicted octanol–water partition coefficient (Wildman–Crippen LogP) is 5.74. The number of carbonyl (C=O) groups is 3. The van der Waals surface area contributed by atoms with E-state index in [4.69, 9.17) is 4.74 Å². The van der Waals surface area contributed by atoms with Gasteiger partial charge in [-0.15, -0.1) is 0 Å². The number of phenolic OH excluding ortho intramolecular Hbond substituents is 1. The Morgan fingerprint density at radius 1 is 0.921 bits per heavy atom. The molecular weight excluding hydrogens is 482 g/mol. The highest BCUT2D eigenvalue weighted by Gasteiger charge is 2.47. The number of hydrogen-bond acceptors (Lipinski definition) is 6. The Bertz CT molecular complexity index is 1580. The summed E-state index contributed by atoms with van der Waals surface area (Å²) in [7, 11) is 0. The van der Waals surface area contributed by atoms with Crippen molar-refractivity contribution in [1.82, 2.24) is 0 Å². The van der Waals surface area contributed by atoms with E-state index in [1.165, 1.54) is 23.1 Å². The van der Waals surface area contributed by atoms with Crippen molar-refractivity contribution in [3.8, 4) is 5.75 Å². The van der Waals surface area contributed by atoms with Crippen molar-refractivity contribution in [2.45, 2.75) is 19.4 Å². The Morgan fingerprint density at radius 2 is 1.63 bits per heavy atom. The van der Waals surface area contributed by atoms with Gasteiger partial charge in [-0.05, 0) is 53.1 Å². The number of benzene rings is 4. The summed E-state index contributed by atoms with van der Waals surface area (Å²) < 4.78 is 5.24. The molecule has 1 unspecified atom stereocenters. The first kappa shape index (κ1) is 24.8. The lowest BCUT2D eigenvalue weighted by Crippen LogP contribution is -2.29. The number of aliphatic hydroxyl groups excluding tert-OH is 1. The van der Waals surface area contributed by atoms with Gasteiger partial charge in [-0.1, -0.05) is 67.6 Å². The van der Waals surface area contributed by atoms with Gasteiger partial charge in [-0.2, -0.15) is 0 Å². The molecule has 1 amide bonds. The van der Waals surface area contributed by atoms with Crippen LogP contribution < -0.4 is 4.90 Å². The zero-order valence-electron chi connectivity index (χ0n) is 20.6. The Morgan fingerprint density at radius 3 is 2.39 bits per heavy atom. The van der Waals surface area contributed by atoms with Gasteiger partial charge in [0, 0.05) is 11.3 Å². The third kappa shape index (κ3) is 4.39. The van der Waals surface area contributed by atoms with E-state index in [2.05, 4.69) is 0 Å². The van der Waals surface area contributed by atoms with Gasteiger partial charge in [0.15, 0.2) is 0 Å². The minimum Gasteiger partial charge on any atom is -0.508 e. The average Bonchev–Trinajstić information content (AvgIpc) is 3.21. The zero-order chi connectivity index (χ0) is 26.8. The predicted molar refractivity (Wildman–Crippen MR) is 144 cm³/mol. The van der Waals surface area contributed by atoms with Crippen molar-refractivity contribution in [2.75, 3.05) is 11.5 Å². The zero-order valence-corrected chi connectivity index (χ0v) is 20.6. The first-order valence-electron chi connectivity index (χ1n) is 12.3. The summed E-state index contributed by atoms with van der Waals surface area (Å²) in [5, 5.41) is 23.0. The van der Waals surface area contributed by atoms with Crippen molar-refractivity contribution in [1.29, 1.82) is 0 Å². The van der Waals surface area contributed by atoms with Crippen molar-refractivity contribution >= 4 is 39.9 Å². The number of amides is 1. The van der Waals surface area contributed by atoms with E-state index in [0.717, 1.165) is 10.8 Å². The largest absolute Gasteiger partial charge is 0.508 e. The first-order chi connectivity index (χ1) is 18.4. The van der Waals surface area contributed by atoms with E-state index in [1.54, 1.807) is 42.5 Å².